The number of aliphatic hydroxyl groups excluding tert-OH is 1. The maximum Gasteiger partial charge on any atom is 0.234 e. The topological polar surface area (TPSA) is 61.8 Å². The summed E-state index contributed by atoms with van der Waals surface area (Å²) < 4.78 is 5.22. The number of hydrogen-bond acceptors (Lipinski definition) is 4. The number of carbonyl (C=O) groups is 1. The van der Waals surface area contributed by atoms with Crippen molar-refractivity contribution >= 4 is 5.91 Å². The van der Waals surface area contributed by atoms with Gasteiger partial charge in [0.2, 0.25) is 5.91 Å². The molecule has 2 rings (SSSR count). The zero-order chi connectivity index (χ0) is 17.4. The maximum absolute atomic E-state index is 12.0. The lowest BCUT2D eigenvalue weighted by Crippen LogP contribution is -2.37. The van der Waals surface area contributed by atoms with Crippen LogP contribution in [0.5, 0.6) is 5.75 Å². The largest absolute Gasteiger partial charge is 0.496 e. The summed E-state index contributed by atoms with van der Waals surface area (Å²) in [6.07, 6.45) is -0.801. The quantitative estimate of drug-likeness (QED) is 0.778. The molecule has 2 aromatic rings. The first-order chi connectivity index (χ1) is 11.6. The molecule has 2 aromatic carbocycles. The Balaban J connectivity index is 1.80. The number of likely N-dealkylation sites (N-methyl/N-ethyl adjacent to an activating group) is 1. The lowest BCUT2D eigenvalue weighted by molar-refractivity contribution is -0.122. The number of nitrogens with zero attached hydrogens (tertiary/aromatic N) is 1. The van der Waals surface area contributed by atoms with Crippen LogP contribution in [0.25, 0.3) is 0 Å². The SMILES string of the molecule is COc1ccccc1[C@@H](O)CNC(=O)CN(C)Cc1ccccc1. The Bertz CT molecular complexity index is 646. The fraction of sp³-hybridized carbons (Fsp3) is 0.316. The Kier molecular flexibility index (Phi) is 6.78. The molecule has 0 unspecified atom stereocenters. The summed E-state index contributed by atoms with van der Waals surface area (Å²) in [7, 11) is 3.45. The molecule has 0 bridgehead atoms. The normalized spacial score (nSPS) is 12.0. The Morgan fingerprint density at radius 3 is 2.54 bits per heavy atom. The van der Waals surface area contributed by atoms with Crippen LogP contribution in [0.1, 0.15) is 17.2 Å². The first-order valence-corrected chi connectivity index (χ1v) is 7.90. The van der Waals surface area contributed by atoms with Crippen LogP contribution in [-0.4, -0.2) is 43.2 Å². The highest BCUT2D eigenvalue weighted by atomic mass is 16.5. The Hall–Kier alpha value is -2.37. The van der Waals surface area contributed by atoms with Crippen LogP contribution >= 0.6 is 0 Å². The molecule has 5 heteroatoms. The summed E-state index contributed by atoms with van der Waals surface area (Å²) in [6.45, 7) is 1.12. The fourth-order valence-electron chi connectivity index (χ4n) is 2.51. The smallest absolute Gasteiger partial charge is 0.234 e. The van der Waals surface area contributed by atoms with Crippen molar-refractivity contribution in [1.29, 1.82) is 0 Å². The van der Waals surface area contributed by atoms with Gasteiger partial charge in [0.05, 0.1) is 19.8 Å². The second-order valence-electron chi connectivity index (χ2n) is 5.72. The van der Waals surface area contributed by atoms with E-state index in [1.807, 2.05) is 54.4 Å². The molecule has 5 nitrogen and oxygen atoms in total. The van der Waals surface area contributed by atoms with E-state index in [1.165, 1.54) is 0 Å². The average molecular weight is 328 g/mol. The van der Waals surface area contributed by atoms with Crippen molar-refractivity contribution in [2.75, 3.05) is 27.2 Å². The molecule has 128 valence electrons. The molecule has 0 spiro atoms. The molecule has 2 N–H and O–H groups in total. The standard InChI is InChI=1S/C19H24N2O3/c1-21(13-15-8-4-3-5-9-15)14-19(23)20-12-17(22)16-10-6-7-11-18(16)24-2/h3-11,17,22H,12-14H2,1-2H3,(H,20,23)/t17-/m0/s1. The molecule has 0 heterocycles. The van der Waals surface area contributed by atoms with Gasteiger partial charge in [0, 0.05) is 18.7 Å². The average Bonchev–Trinajstić information content (AvgIpc) is 2.60. The fourth-order valence-corrected chi connectivity index (χ4v) is 2.51. The second-order valence-corrected chi connectivity index (χ2v) is 5.72. The van der Waals surface area contributed by atoms with Crippen molar-refractivity contribution in [1.82, 2.24) is 10.2 Å². The Labute approximate surface area is 142 Å². The number of hydrogen-bond donors (Lipinski definition) is 2. The Morgan fingerprint density at radius 2 is 1.83 bits per heavy atom. The summed E-state index contributed by atoms with van der Waals surface area (Å²) in [6, 6.07) is 17.2. The van der Waals surface area contributed by atoms with Gasteiger partial charge in [-0.1, -0.05) is 48.5 Å². The van der Waals surface area contributed by atoms with Crippen molar-refractivity contribution in [2.45, 2.75) is 12.6 Å². The van der Waals surface area contributed by atoms with Crippen molar-refractivity contribution in [3.8, 4) is 5.75 Å². The molecule has 0 fully saturated rings. The van der Waals surface area contributed by atoms with Gasteiger partial charge in [0.1, 0.15) is 5.75 Å². The van der Waals surface area contributed by atoms with Crippen LogP contribution in [0.4, 0.5) is 0 Å². The van der Waals surface area contributed by atoms with Crippen LogP contribution in [0.2, 0.25) is 0 Å². The predicted octanol–water partition coefficient (Wildman–Crippen LogP) is 1.98. The molecule has 1 amide bonds. The number of ether oxygens (including phenoxy) is 1. The number of aliphatic hydroxyl groups is 1. The Morgan fingerprint density at radius 1 is 1.17 bits per heavy atom. The number of methoxy groups -OCH3 is 1. The molecule has 0 aromatic heterocycles. The molecule has 0 aliphatic carbocycles. The van der Waals surface area contributed by atoms with E-state index in [4.69, 9.17) is 4.74 Å². The van der Waals surface area contributed by atoms with Crippen molar-refractivity contribution in [2.24, 2.45) is 0 Å². The summed E-state index contributed by atoms with van der Waals surface area (Å²) in [4.78, 5) is 14.0. The maximum atomic E-state index is 12.0. The molecular formula is C19H24N2O3. The van der Waals surface area contributed by atoms with Crippen LogP contribution in [0.15, 0.2) is 54.6 Å². The number of para-hydroxylation sites is 1. The van der Waals surface area contributed by atoms with Gasteiger partial charge in [-0.15, -0.1) is 0 Å². The van der Waals surface area contributed by atoms with Crippen molar-refractivity contribution in [3.63, 3.8) is 0 Å². The molecule has 0 saturated carbocycles. The highest BCUT2D eigenvalue weighted by Crippen LogP contribution is 2.23. The highest BCUT2D eigenvalue weighted by Gasteiger charge is 2.14. The molecular weight excluding hydrogens is 304 g/mol. The third-order valence-electron chi connectivity index (χ3n) is 3.70. The van der Waals surface area contributed by atoms with Crippen LogP contribution in [0.3, 0.4) is 0 Å². The van der Waals surface area contributed by atoms with Gasteiger partial charge in [-0.3, -0.25) is 9.69 Å². The number of amides is 1. The predicted molar refractivity (Wildman–Crippen MR) is 93.7 cm³/mol. The minimum atomic E-state index is -0.801. The minimum absolute atomic E-state index is 0.123. The lowest BCUT2D eigenvalue weighted by Gasteiger charge is -2.18. The van der Waals surface area contributed by atoms with Gasteiger partial charge in [0.25, 0.3) is 0 Å². The lowest BCUT2D eigenvalue weighted by atomic mass is 10.1. The van der Waals surface area contributed by atoms with E-state index in [9.17, 15) is 9.90 Å². The number of carbonyl (C=O) groups excluding carboxylic acids is 1. The van der Waals surface area contributed by atoms with E-state index in [1.54, 1.807) is 19.2 Å². The summed E-state index contributed by atoms with van der Waals surface area (Å²) in [5.74, 6) is 0.489. The monoisotopic (exact) mass is 328 g/mol. The number of benzene rings is 2. The van der Waals surface area contributed by atoms with E-state index in [2.05, 4.69) is 5.32 Å². The van der Waals surface area contributed by atoms with E-state index in [-0.39, 0.29) is 19.0 Å². The molecule has 0 saturated heterocycles. The molecule has 24 heavy (non-hydrogen) atoms. The van der Waals surface area contributed by atoms with Gasteiger partial charge < -0.3 is 15.2 Å². The molecule has 0 radical (unpaired) electrons. The third kappa shape index (κ3) is 5.37. The molecule has 0 aliphatic heterocycles. The van der Waals surface area contributed by atoms with Gasteiger partial charge in [-0.25, -0.2) is 0 Å². The van der Waals surface area contributed by atoms with Crippen LogP contribution in [0, 0.1) is 0 Å². The van der Waals surface area contributed by atoms with Gasteiger partial charge in [-0.05, 0) is 18.7 Å². The zero-order valence-electron chi connectivity index (χ0n) is 14.1. The van der Waals surface area contributed by atoms with Gasteiger partial charge in [0.15, 0.2) is 0 Å². The second kappa shape index (κ2) is 9.05. The number of nitrogens with one attached hydrogen (secondary N) is 1. The van der Waals surface area contributed by atoms with Gasteiger partial charge in [-0.2, -0.15) is 0 Å². The molecule has 0 aliphatic rings. The first-order valence-electron chi connectivity index (χ1n) is 7.90. The van der Waals surface area contributed by atoms with Gasteiger partial charge >= 0.3 is 0 Å². The van der Waals surface area contributed by atoms with Crippen molar-refractivity contribution < 1.29 is 14.6 Å². The van der Waals surface area contributed by atoms with Crippen LogP contribution in [-0.2, 0) is 11.3 Å². The van der Waals surface area contributed by atoms with E-state index in [0.717, 1.165) is 5.56 Å². The molecule has 1 atom stereocenters. The first kappa shape index (κ1) is 18.0. The summed E-state index contributed by atoms with van der Waals surface area (Å²) >= 11 is 0. The van der Waals surface area contributed by atoms with Crippen LogP contribution < -0.4 is 10.1 Å². The van der Waals surface area contributed by atoms with E-state index >= 15 is 0 Å². The zero-order valence-corrected chi connectivity index (χ0v) is 14.1. The summed E-state index contributed by atoms with van der Waals surface area (Å²) in [5, 5.41) is 13.0. The number of rotatable bonds is 8. The van der Waals surface area contributed by atoms with Crippen molar-refractivity contribution in [3.05, 3.63) is 65.7 Å². The van der Waals surface area contributed by atoms with E-state index < -0.39 is 6.10 Å². The highest BCUT2D eigenvalue weighted by molar-refractivity contribution is 5.78. The minimum Gasteiger partial charge on any atom is -0.496 e. The summed E-state index contributed by atoms with van der Waals surface area (Å²) in [5.41, 5.74) is 1.82. The van der Waals surface area contributed by atoms with E-state index in [0.29, 0.717) is 17.9 Å². The third-order valence-corrected chi connectivity index (χ3v) is 3.70.